The molecule has 0 spiro atoms. The molecule has 14 heavy (non-hydrogen) atoms. The molecule has 0 radical (unpaired) electrons. The molecule has 1 N–H and O–H groups in total. The van der Waals surface area contributed by atoms with Crippen molar-refractivity contribution in [3.05, 3.63) is 0 Å². The molecule has 6 nitrogen and oxygen atoms in total. The van der Waals surface area contributed by atoms with Crippen LogP contribution in [0.1, 0.15) is 0 Å². The number of rotatable bonds is 8. The molecule has 0 aliphatic carbocycles. The highest BCUT2D eigenvalue weighted by atomic mass is 32.2. The van der Waals surface area contributed by atoms with Gasteiger partial charge in [-0.25, -0.2) is 0 Å². The first-order valence-electron chi connectivity index (χ1n) is 4.30. The summed E-state index contributed by atoms with van der Waals surface area (Å²) in [6.07, 6.45) is 0.229. The first-order valence-corrected chi connectivity index (χ1v) is 5.91. The lowest BCUT2D eigenvalue weighted by Gasteiger charge is -2.03. The van der Waals surface area contributed by atoms with E-state index in [1.807, 2.05) is 0 Å². The molecule has 0 aromatic rings. The number of epoxide rings is 1. The second kappa shape index (κ2) is 5.62. The fourth-order valence-electron chi connectivity index (χ4n) is 0.763. The van der Waals surface area contributed by atoms with Crippen LogP contribution in [0, 0.1) is 0 Å². The summed E-state index contributed by atoms with van der Waals surface area (Å²) in [6, 6.07) is 0. The second-order valence-corrected chi connectivity index (χ2v) is 4.50. The summed E-state index contributed by atoms with van der Waals surface area (Å²) in [5.74, 6) is -0.376. The zero-order valence-electron chi connectivity index (χ0n) is 7.72. The second-order valence-electron chi connectivity index (χ2n) is 2.93. The van der Waals surface area contributed by atoms with Crippen LogP contribution in [-0.2, 0) is 24.3 Å². The Morgan fingerprint density at radius 1 is 1.29 bits per heavy atom. The molecule has 7 heteroatoms. The number of ether oxygens (including phenoxy) is 3. The maximum absolute atomic E-state index is 10.2. The molecule has 0 aromatic heterocycles. The monoisotopic (exact) mass is 226 g/mol. The molecular weight excluding hydrogens is 212 g/mol. The van der Waals surface area contributed by atoms with Crippen molar-refractivity contribution in [2.24, 2.45) is 0 Å². The Hall–Kier alpha value is -0.210. The molecule has 1 fully saturated rings. The normalized spacial score (nSPS) is 21.1. The molecule has 1 rings (SSSR count). The SMILES string of the molecule is O=S(=O)(O)CCOCCOCC1CO1. The van der Waals surface area contributed by atoms with Crippen LogP contribution in [-0.4, -0.2) is 57.9 Å². The van der Waals surface area contributed by atoms with Gasteiger partial charge in [0.25, 0.3) is 10.1 Å². The fraction of sp³-hybridized carbons (Fsp3) is 1.00. The predicted molar refractivity (Wildman–Crippen MR) is 47.8 cm³/mol. The smallest absolute Gasteiger partial charge is 0.267 e. The number of hydrogen-bond acceptors (Lipinski definition) is 5. The van der Waals surface area contributed by atoms with Crippen LogP contribution in [0.15, 0.2) is 0 Å². The van der Waals surface area contributed by atoms with Crippen LogP contribution < -0.4 is 0 Å². The summed E-state index contributed by atoms with van der Waals surface area (Å²) in [5.41, 5.74) is 0. The predicted octanol–water partition coefficient (Wildman–Crippen LogP) is -0.694. The summed E-state index contributed by atoms with van der Waals surface area (Å²) in [5, 5.41) is 0. The van der Waals surface area contributed by atoms with Crippen molar-refractivity contribution in [3.8, 4) is 0 Å². The quantitative estimate of drug-likeness (QED) is 0.335. The van der Waals surface area contributed by atoms with Gasteiger partial charge in [0.05, 0.1) is 38.8 Å². The molecular formula is C7H14O6S. The van der Waals surface area contributed by atoms with Gasteiger partial charge in [-0.3, -0.25) is 4.55 Å². The van der Waals surface area contributed by atoms with Crippen LogP contribution in [0.25, 0.3) is 0 Å². The van der Waals surface area contributed by atoms with E-state index in [1.165, 1.54) is 0 Å². The maximum atomic E-state index is 10.2. The van der Waals surface area contributed by atoms with E-state index in [9.17, 15) is 8.42 Å². The first-order chi connectivity index (χ1) is 6.58. The van der Waals surface area contributed by atoms with Gasteiger partial charge in [0, 0.05) is 0 Å². The summed E-state index contributed by atoms with van der Waals surface area (Å²) < 4.78 is 43.8. The zero-order valence-corrected chi connectivity index (χ0v) is 8.53. The Kier molecular flexibility index (Phi) is 4.76. The van der Waals surface area contributed by atoms with Crippen molar-refractivity contribution in [2.75, 3.05) is 38.8 Å². The molecule has 1 atom stereocenters. The molecule has 0 amide bonds. The van der Waals surface area contributed by atoms with Crippen LogP contribution in [0.3, 0.4) is 0 Å². The first kappa shape index (κ1) is 11.9. The van der Waals surface area contributed by atoms with E-state index in [0.717, 1.165) is 6.61 Å². The van der Waals surface area contributed by atoms with E-state index < -0.39 is 10.1 Å². The van der Waals surface area contributed by atoms with E-state index in [0.29, 0.717) is 19.8 Å². The third-order valence-electron chi connectivity index (χ3n) is 1.56. The van der Waals surface area contributed by atoms with Crippen LogP contribution >= 0.6 is 0 Å². The van der Waals surface area contributed by atoms with Gasteiger partial charge in [0.15, 0.2) is 0 Å². The van der Waals surface area contributed by atoms with Crippen LogP contribution in [0.5, 0.6) is 0 Å². The fourth-order valence-corrected chi connectivity index (χ4v) is 1.09. The lowest BCUT2D eigenvalue weighted by Crippen LogP contribution is -2.14. The van der Waals surface area contributed by atoms with E-state index in [2.05, 4.69) is 0 Å². The lowest BCUT2D eigenvalue weighted by molar-refractivity contribution is 0.0467. The minimum Gasteiger partial charge on any atom is -0.378 e. The van der Waals surface area contributed by atoms with E-state index in [-0.39, 0.29) is 18.5 Å². The van der Waals surface area contributed by atoms with Gasteiger partial charge >= 0.3 is 0 Å². The number of hydrogen-bond donors (Lipinski definition) is 1. The molecule has 0 saturated carbocycles. The minimum absolute atomic E-state index is 0.0118. The van der Waals surface area contributed by atoms with Gasteiger partial charge in [-0.2, -0.15) is 8.42 Å². The van der Waals surface area contributed by atoms with Gasteiger partial charge in [-0.15, -0.1) is 0 Å². The maximum Gasteiger partial charge on any atom is 0.267 e. The molecule has 1 heterocycles. The highest BCUT2D eigenvalue weighted by molar-refractivity contribution is 7.85. The largest absolute Gasteiger partial charge is 0.378 e. The van der Waals surface area contributed by atoms with Gasteiger partial charge in [0.2, 0.25) is 0 Å². The Morgan fingerprint density at radius 3 is 2.50 bits per heavy atom. The average Bonchev–Trinajstić information content (AvgIpc) is 2.84. The summed E-state index contributed by atoms with van der Waals surface area (Å²) in [6.45, 7) is 2.03. The molecule has 1 unspecified atom stereocenters. The third kappa shape index (κ3) is 7.22. The van der Waals surface area contributed by atoms with Gasteiger partial charge in [0.1, 0.15) is 6.10 Å². The molecule has 1 saturated heterocycles. The van der Waals surface area contributed by atoms with Gasteiger partial charge in [-0.1, -0.05) is 0 Å². The minimum atomic E-state index is -3.91. The molecule has 1 aliphatic rings. The lowest BCUT2D eigenvalue weighted by atomic mass is 10.5. The molecule has 1 aliphatic heterocycles. The van der Waals surface area contributed by atoms with E-state index in [4.69, 9.17) is 18.8 Å². The zero-order chi connectivity index (χ0) is 10.4. The van der Waals surface area contributed by atoms with E-state index in [1.54, 1.807) is 0 Å². The average molecular weight is 226 g/mol. The highest BCUT2D eigenvalue weighted by Crippen LogP contribution is 2.07. The van der Waals surface area contributed by atoms with Crippen molar-refractivity contribution in [2.45, 2.75) is 6.10 Å². The van der Waals surface area contributed by atoms with Crippen LogP contribution in [0.2, 0.25) is 0 Å². The van der Waals surface area contributed by atoms with Crippen LogP contribution in [0.4, 0.5) is 0 Å². The van der Waals surface area contributed by atoms with Crippen molar-refractivity contribution in [1.82, 2.24) is 0 Å². The molecule has 0 aromatic carbocycles. The summed E-state index contributed by atoms with van der Waals surface area (Å²) in [4.78, 5) is 0. The third-order valence-corrected chi connectivity index (χ3v) is 2.25. The van der Waals surface area contributed by atoms with Crippen molar-refractivity contribution >= 4 is 10.1 Å². The van der Waals surface area contributed by atoms with Gasteiger partial charge < -0.3 is 14.2 Å². The Balaban J connectivity index is 1.79. The van der Waals surface area contributed by atoms with Crippen molar-refractivity contribution in [3.63, 3.8) is 0 Å². The van der Waals surface area contributed by atoms with Gasteiger partial charge in [-0.05, 0) is 0 Å². The van der Waals surface area contributed by atoms with Crippen molar-refractivity contribution in [1.29, 1.82) is 0 Å². The van der Waals surface area contributed by atoms with Crippen molar-refractivity contribution < 1.29 is 27.2 Å². The Morgan fingerprint density at radius 2 is 1.93 bits per heavy atom. The Bertz CT molecular complexity index is 245. The molecule has 0 bridgehead atoms. The Labute approximate surface area is 82.9 Å². The summed E-state index contributed by atoms with van der Waals surface area (Å²) >= 11 is 0. The summed E-state index contributed by atoms with van der Waals surface area (Å²) in [7, 11) is -3.91. The molecule has 84 valence electrons. The highest BCUT2D eigenvalue weighted by Gasteiger charge is 2.21. The topological polar surface area (TPSA) is 85.4 Å². The standard InChI is InChI=1S/C7H14O6S/c8-14(9,10)4-3-11-1-2-12-5-7-6-13-7/h7H,1-6H2,(H,8,9,10). The van der Waals surface area contributed by atoms with E-state index >= 15 is 0 Å².